The van der Waals surface area contributed by atoms with Crippen LogP contribution in [0.25, 0.3) is 11.4 Å². The van der Waals surface area contributed by atoms with E-state index < -0.39 is 0 Å². The second-order valence-electron chi connectivity index (χ2n) is 8.05. The van der Waals surface area contributed by atoms with Crippen molar-refractivity contribution in [2.75, 3.05) is 20.2 Å². The van der Waals surface area contributed by atoms with E-state index >= 15 is 0 Å². The first kappa shape index (κ1) is 19.0. The number of piperidine rings is 1. The summed E-state index contributed by atoms with van der Waals surface area (Å²) in [5.74, 6) is 3.19. The number of amides is 1. The van der Waals surface area contributed by atoms with Crippen LogP contribution in [0.15, 0.2) is 28.8 Å². The largest absolute Gasteiger partial charge is 0.497 e. The lowest BCUT2D eigenvalue weighted by Gasteiger charge is -2.31. The van der Waals surface area contributed by atoms with Crippen LogP contribution in [0.2, 0.25) is 0 Å². The third-order valence-corrected chi connectivity index (χ3v) is 6.15. The molecular weight excluding hydrogens is 354 g/mol. The fraction of sp³-hybridized carbons (Fsp3) is 0.591. The molecule has 1 aliphatic heterocycles. The lowest BCUT2D eigenvalue weighted by molar-refractivity contribution is -0.132. The van der Waals surface area contributed by atoms with Crippen LogP contribution >= 0.6 is 0 Å². The Bertz CT molecular complexity index is 781. The van der Waals surface area contributed by atoms with Gasteiger partial charge in [0, 0.05) is 25.1 Å². The summed E-state index contributed by atoms with van der Waals surface area (Å²) >= 11 is 0. The van der Waals surface area contributed by atoms with Crippen LogP contribution in [-0.4, -0.2) is 41.1 Å². The molecule has 1 amide bonds. The molecule has 28 heavy (non-hydrogen) atoms. The maximum Gasteiger partial charge on any atom is 0.231 e. The van der Waals surface area contributed by atoms with Crippen molar-refractivity contribution in [2.45, 2.75) is 57.3 Å². The standard InChI is InChI=1S/C22H29N3O3/c1-27-19-11-9-17(10-12-19)21-23-22(28-24-21)18-7-4-14-25(15-18)20(26)13-8-16-5-2-3-6-16/h9-12,16,18H,2-8,13-15H2,1H3. The Balaban J connectivity index is 1.36. The number of ether oxygens (including phenoxy) is 1. The summed E-state index contributed by atoms with van der Waals surface area (Å²) in [6, 6.07) is 7.62. The van der Waals surface area contributed by atoms with E-state index in [0.29, 0.717) is 24.7 Å². The Morgan fingerprint density at radius 3 is 2.71 bits per heavy atom. The van der Waals surface area contributed by atoms with Gasteiger partial charge in [-0.3, -0.25) is 4.79 Å². The SMILES string of the molecule is COc1ccc(-c2noc(C3CCCN(C(=O)CCC4CCCC4)C3)n2)cc1. The molecule has 2 heterocycles. The van der Waals surface area contributed by atoms with Crippen LogP contribution in [0.5, 0.6) is 5.75 Å². The molecule has 0 bridgehead atoms. The molecule has 1 aromatic heterocycles. The van der Waals surface area contributed by atoms with Gasteiger partial charge >= 0.3 is 0 Å². The number of hydrogen-bond donors (Lipinski definition) is 0. The smallest absolute Gasteiger partial charge is 0.231 e. The number of rotatable bonds is 6. The molecule has 0 N–H and O–H groups in total. The summed E-state index contributed by atoms with van der Waals surface area (Å²) in [4.78, 5) is 19.3. The van der Waals surface area contributed by atoms with Crippen molar-refractivity contribution in [1.82, 2.24) is 15.0 Å². The quantitative estimate of drug-likeness (QED) is 0.738. The zero-order valence-corrected chi connectivity index (χ0v) is 16.6. The van der Waals surface area contributed by atoms with Crippen molar-refractivity contribution in [3.05, 3.63) is 30.2 Å². The van der Waals surface area contributed by atoms with Crippen molar-refractivity contribution in [3.63, 3.8) is 0 Å². The lowest BCUT2D eigenvalue weighted by atomic mass is 9.96. The van der Waals surface area contributed by atoms with Crippen molar-refractivity contribution < 1.29 is 14.1 Å². The number of carbonyl (C=O) groups is 1. The molecule has 2 fully saturated rings. The summed E-state index contributed by atoms with van der Waals surface area (Å²) in [5.41, 5.74) is 0.899. The molecule has 1 unspecified atom stereocenters. The van der Waals surface area contributed by atoms with E-state index in [9.17, 15) is 4.79 Å². The summed E-state index contributed by atoms with van der Waals surface area (Å²) in [6.45, 7) is 1.53. The predicted molar refractivity (Wildman–Crippen MR) is 106 cm³/mol. The third-order valence-electron chi connectivity index (χ3n) is 6.15. The summed E-state index contributed by atoms with van der Waals surface area (Å²) < 4.78 is 10.7. The zero-order valence-electron chi connectivity index (χ0n) is 16.6. The van der Waals surface area contributed by atoms with Gasteiger partial charge in [0.25, 0.3) is 0 Å². The van der Waals surface area contributed by atoms with Gasteiger partial charge in [-0.15, -0.1) is 0 Å². The number of likely N-dealkylation sites (tertiary alicyclic amines) is 1. The number of aromatic nitrogens is 2. The monoisotopic (exact) mass is 383 g/mol. The minimum atomic E-state index is 0.128. The first-order valence-corrected chi connectivity index (χ1v) is 10.5. The van der Waals surface area contributed by atoms with Crippen LogP contribution in [0.3, 0.4) is 0 Å². The van der Waals surface area contributed by atoms with Gasteiger partial charge in [-0.2, -0.15) is 4.98 Å². The van der Waals surface area contributed by atoms with Gasteiger partial charge in [-0.1, -0.05) is 30.8 Å². The Labute approximate surface area is 166 Å². The average Bonchev–Trinajstić information content (AvgIpc) is 3.44. The molecule has 1 atom stereocenters. The molecule has 150 valence electrons. The highest BCUT2D eigenvalue weighted by atomic mass is 16.5. The highest BCUT2D eigenvalue weighted by Crippen LogP contribution is 2.31. The lowest BCUT2D eigenvalue weighted by Crippen LogP contribution is -2.39. The van der Waals surface area contributed by atoms with Crippen molar-refractivity contribution in [1.29, 1.82) is 0 Å². The summed E-state index contributed by atoms with van der Waals surface area (Å²) in [7, 11) is 1.64. The van der Waals surface area contributed by atoms with Crippen molar-refractivity contribution >= 4 is 5.91 Å². The van der Waals surface area contributed by atoms with Gasteiger partial charge in [-0.25, -0.2) is 0 Å². The van der Waals surface area contributed by atoms with Gasteiger partial charge in [0.05, 0.1) is 13.0 Å². The fourth-order valence-electron chi connectivity index (χ4n) is 4.45. The van der Waals surface area contributed by atoms with Gasteiger partial charge in [0.15, 0.2) is 0 Å². The second kappa shape index (κ2) is 8.76. The van der Waals surface area contributed by atoms with E-state index in [1.54, 1.807) is 7.11 Å². The molecule has 2 aromatic rings. The molecule has 4 rings (SSSR count). The molecular formula is C22H29N3O3. The maximum absolute atomic E-state index is 12.7. The van der Waals surface area contributed by atoms with Crippen LogP contribution in [-0.2, 0) is 4.79 Å². The summed E-state index contributed by atoms with van der Waals surface area (Å²) in [6.07, 6.45) is 8.95. The minimum Gasteiger partial charge on any atom is -0.497 e. The van der Waals surface area contributed by atoms with Gasteiger partial charge < -0.3 is 14.2 Å². The van der Waals surface area contributed by atoms with Crippen molar-refractivity contribution in [2.24, 2.45) is 5.92 Å². The van der Waals surface area contributed by atoms with E-state index in [1.807, 2.05) is 29.2 Å². The normalized spacial score (nSPS) is 20.5. The molecule has 1 aliphatic carbocycles. The highest BCUT2D eigenvalue weighted by molar-refractivity contribution is 5.76. The van der Waals surface area contributed by atoms with E-state index in [-0.39, 0.29) is 11.8 Å². The molecule has 0 spiro atoms. The molecule has 1 aromatic carbocycles. The first-order chi connectivity index (χ1) is 13.7. The average molecular weight is 383 g/mol. The Hall–Kier alpha value is -2.37. The molecule has 6 heteroatoms. The van der Waals surface area contributed by atoms with E-state index in [2.05, 4.69) is 10.1 Å². The van der Waals surface area contributed by atoms with Crippen LogP contribution in [0.1, 0.15) is 63.2 Å². The fourth-order valence-corrected chi connectivity index (χ4v) is 4.45. The molecule has 1 saturated heterocycles. The van der Waals surface area contributed by atoms with E-state index in [0.717, 1.165) is 43.0 Å². The number of methoxy groups -OCH3 is 1. The van der Waals surface area contributed by atoms with Gasteiger partial charge in [0.2, 0.25) is 17.6 Å². The minimum absolute atomic E-state index is 0.128. The van der Waals surface area contributed by atoms with Gasteiger partial charge in [-0.05, 0) is 49.4 Å². The first-order valence-electron chi connectivity index (χ1n) is 10.5. The third kappa shape index (κ3) is 4.37. The number of carbonyl (C=O) groups excluding carboxylic acids is 1. The summed E-state index contributed by atoms with van der Waals surface area (Å²) in [5, 5.41) is 4.15. The van der Waals surface area contributed by atoms with Gasteiger partial charge in [0.1, 0.15) is 5.75 Å². The predicted octanol–water partition coefficient (Wildman–Crippen LogP) is 4.42. The van der Waals surface area contributed by atoms with Crippen LogP contribution in [0, 0.1) is 5.92 Å². The molecule has 6 nitrogen and oxygen atoms in total. The second-order valence-corrected chi connectivity index (χ2v) is 8.05. The molecule has 1 saturated carbocycles. The molecule has 2 aliphatic rings. The number of benzene rings is 1. The number of hydrogen-bond acceptors (Lipinski definition) is 5. The Kier molecular flexibility index (Phi) is 5.93. The van der Waals surface area contributed by atoms with E-state index in [1.165, 1.54) is 25.7 Å². The van der Waals surface area contributed by atoms with Crippen LogP contribution < -0.4 is 4.74 Å². The highest BCUT2D eigenvalue weighted by Gasteiger charge is 2.29. The van der Waals surface area contributed by atoms with E-state index in [4.69, 9.17) is 9.26 Å². The number of nitrogens with zero attached hydrogens (tertiary/aromatic N) is 3. The van der Waals surface area contributed by atoms with Crippen molar-refractivity contribution in [3.8, 4) is 17.1 Å². The molecule has 0 radical (unpaired) electrons. The topological polar surface area (TPSA) is 68.5 Å². The maximum atomic E-state index is 12.7. The Morgan fingerprint density at radius 2 is 1.96 bits per heavy atom. The Morgan fingerprint density at radius 1 is 1.18 bits per heavy atom. The van der Waals surface area contributed by atoms with Crippen LogP contribution in [0.4, 0.5) is 0 Å². The zero-order chi connectivity index (χ0) is 19.3.